The molecule has 4 nitrogen and oxygen atoms in total. The van der Waals surface area contributed by atoms with Crippen LogP contribution in [0, 0.1) is 5.21 Å². The van der Waals surface area contributed by atoms with Crippen LogP contribution in [0.5, 0.6) is 0 Å². The molecule has 0 atom stereocenters. The van der Waals surface area contributed by atoms with E-state index in [9.17, 15) is 0 Å². The standard InChI is InChI=1S/BrH2NO3/c1-2(3,4)5/h3-4H. The van der Waals surface area contributed by atoms with E-state index >= 15 is 0 Å². The third-order valence-corrected chi connectivity index (χ3v) is 0. The van der Waals surface area contributed by atoms with Crippen LogP contribution in [0.1, 0.15) is 0 Å². The van der Waals surface area contributed by atoms with Crippen molar-refractivity contribution in [3.8, 4) is 0 Å². The first-order valence-electron chi connectivity index (χ1n) is 0.752. The highest BCUT2D eigenvalue weighted by Gasteiger charge is 1.95. The molecule has 5 heavy (non-hydrogen) atoms. The molecule has 0 saturated heterocycles. The lowest BCUT2D eigenvalue weighted by Gasteiger charge is -2.10. The van der Waals surface area contributed by atoms with Crippen LogP contribution in [-0.2, 0) is 0 Å². The normalized spacial score (nSPS) is 12.0. The zero-order chi connectivity index (χ0) is 4.50. The third-order valence-electron chi connectivity index (χ3n) is 0. The fraction of sp³-hybridized carbons (Fsp3) is 0. The summed E-state index contributed by atoms with van der Waals surface area (Å²) in [5.41, 5.74) is 0. The fourth-order valence-electron chi connectivity index (χ4n) is 0. The van der Waals surface area contributed by atoms with Gasteiger partial charge in [0.1, 0.15) is 0 Å². The smallest absolute Gasteiger partial charge is 0.309 e. The van der Waals surface area contributed by atoms with Gasteiger partial charge in [-0.3, -0.25) is 0 Å². The summed E-state index contributed by atoms with van der Waals surface area (Å²) in [7, 11) is 0. The van der Waals surface area contributed by atoms with Gasteiger partial charge in [-0.05, 0) is 4.00 Å². The summed E-state index contributed by atoms with van der Waals surface area (Å²) in [6.07, 6.45) is 0. The summed E-state index contributed by atoms with van der Waals surface area (Å²) in [6.45, 7) is 0. The van der Waals surface area contributed by atoms with Crippen LogP contribution < -0.4 is 0 Å². The maximum Gasteiger partial charge on any atom is 0.309 e. The van der Waals surface area contributed by atoms with E-state index in [1.54, 1.807) is 0 Å². The van der Waals surface area contributed by atoms with E-state index in [2.05, 4.69) is 0 Å². The first kappa shape index (κ1) is 5.32. The zero-order valence-corrected chi connectivity index (χ0v) is 3.71. The van der Waals surface area contributed by atoms with Crippen molar-refractivity contribution in [2.45, 2.75) is 0 Å². The lowest BCUT2D eigenvalue weighted by molar-refractivity contribution is -1.10. The van der Waals surface area contributed by atoms with Gasteiger partial charge in [-0.2, -0.15) is 10.4 Å². The largest absolute Gasteiger partial charge is 0.553 e. The van der Waals surface area contributed by atoms with E-state index < -0.39 is 4.00 Å². The summed E-state index contributed by atoms with van der Waals surface area (Å²) in [5, 5.41) is 23.8. The van der Waals surface area contributed by atoms with Gasteiger partial charge in [-0.25, -0.2) is 0 Å². The molecule has 0 bridgehead atoms. The first-order chi connectivity index (χ1) is 2.00. The van der Waals surface area contributed by atoms with Gasteiger partial charge in [0.05, 0.1) is 0 Å². The summed E-state index contributed by atoms with van der Waals surface area (Å²) in [4.78, 5) is 0. The number of quaternary nitrogens is 1. The van der Waals surface area contributed by atoms with E-state index in [1.807, 2.05) is 16.1 Å². The van der Waals surface area contributed by atoms with Crippen molar-refractivity contribution in [1.29, 1.82) is 0 Å². The number of nitrogens with zero attached hydrogens (tertiary/aromatic N) is 1. The maximum atomic E-state index is 9.07. The molecule has 2 N–H and O–H groups in total. The van der Waals surface area contributed by atoms with Crippen LogP contribution in [0.15, 0.2) is 0 Å². The Morgan fingerprint density at radius 2 is 1.60 bits per heavy atom. The highest BCUT2D eigenvalue weighted by atomic mass is 79.9. The molecule has 0 aromatic rings. The molecule has 0 rings (SSSR count). The summed E-state index contributed by atoms with van der Waals surface area (Å²) < 4.78 is -2.44. The van der Waals surface area contributed by atoms with Gasteiger partial charge in [0.15, 0.2) is 0 Å². The molecular formula is H2BrNO3. The highest BCUT2D eigenvalue weighted by Crippen LogP contribution is 1.96. The Kier molecular flexibility index (Phi) is 1.27. The van der Waals surface area contributed by atoms with Crippen LogP contribution in [0.2, 0.25) is 0 Å². The average Bonchev–Trinajstić information content (AvgIpc) is 0.722. The predicted octanol–water partition coefficient (Wildman–Crippen LogP) is 0.389. The van der Waals surface area contributed by atoms with Gasteiger partial charge in [0, 0.05) is 0 Å². The molecule has 0 amide bonds. The Morgan fingerprint density at radius 3 is 1.60 bits per heavy atom. The molecule has 0 aliphatic rings. The summed E-state index contributed by atoms with van der Waals surface area (Å²) >= 11 is 1.87. The molecule has 0 saturated carbocycles. The van der Waals surface area contributed by atoms with Crippen LogP contribution >= 0.6 is 16.1 Å². The fourth-order valence-corrected chi connectivity index (χ4v) is 0. The number of halogens is 1. The van der Waals surface area contributed by atoms with Crippen molar-refractivity contribution in [1.82, 2.24) is 0 Å². The Hall–Kier alpha value is 0.320. The molecule has 0 aromatic heterocycles. The minimum Gasteiger partial charge on any atom is -0.553 e. The zero-order valence-electron chi connectivity index (χ0n) is 2.13. The molecule has 0 heterocycles. The number of rotatable bonds is 0. The quantitative estimate of drug-likeness (QED) is 0.381. The van der Waals surface area contributed by atoms with E-state index in [0.717, 1.165) is 0 Å². The third kappa shape index (κ3) is 227. The Morgan fingerprint density at radius 1 is 1.60 bits per heavy atom. The van der Waals surface area contributed by atoms with E-state index in [4.69, 9.17) is 15.6 Å². The van der Waals surface area contributed by atoms with Gasteiger partial charge in [-0.15, -0.1) is 0 Å². The highest BCUT2D eigenvalue weighted by molar-refractivity contribution is 9.05. The second kappa shape index (κ2) is 1.19. The molecule has 0 radical (unpaired) electrons. The van der Waals surface area contributed by atoms with Gasteiger partial charge >= 0.3 is 16.1 Å². The average molecular weight is 144 g/mol. The topological polar surface area (TPSA) is 63.5 Å². The monoisotopic (exact) mass is 143 g/mol. The molecule has 0 aliphatic heterocycles. The molecular weight excluding hydrogens is 142 g/mol. The Balaban J connectivity index is 3.02. The SMILES string of the molecule is [O-][N+](O)(O)Br. The second-order valence-corrected chi connectivity index (χ2v) is 1.40. The van der Waals surface area contributed by atoms with Crippen LogP contribution in [-0.4, -0.2) is 14.4 Å². The van der Waals surface area contributed by atoms with Crippen LogP contribution in [0.3, 0.4) is 0 Å². The molecule has 0 unspecified atom stereocenters. The lowest BCUT2D eigenvalue weighted by Crippen LogP contribution is -2.18. The molecule has 0 spiro atoms. The predicted molar refractivity (Wildman–Crippen MR) is 16.1 cm³/mol. The minimum atomic E-state index is -2.44. The van der Waals surface area contributed by atoms with Crippen molar-refractivity contribution >= 4 is 16.1 Å². The molecule has 0 fully saturated rings. The maximum absolute atomic E-state index is 9.07. The number of hydrogen-bond donors (Lipinski definition) is 2. The van der Waals surface area contributed by atoms with E-state index in [1.165, 1.54) is 0 Å². The van der Waals surface area contributed by atoms with Crippen molar-refractivity contribution < 1.29 is 14.4 Å². The Bertz CT molecular complexity index is 22.4. The molecule has 0 aromatic carbocycles. The van der Waals surface area contributed by atoms with Crippen molar-refractivity contribution in [3.05, 3.63) is 5.21 Å². The second-order valence-electron chi connectivity index (χ2n) is 0.473. The van der Waals surface area contributed by atoms with E-state index in [0.29, 0.717) is 0 Å². The van der Waals surface area contributed by atoms with Crippen molar-refractivity contribution in [2.75, 3.05) is 0 Å². The summed E-state index contributed by atoms with van der Waals surface area (Å²) in [6, 6.07) is 0. The van der Waals surface area contributed by atoms with Gasteiger partial charge < -0.3 is 5.21 Å². The van der Waals surface area contributed by atoms with Gasteiger partial charge in [-0.1, -0.05) is 0 Å². The molecule has 32 valence electrons. The number of hydrogen-bond acceptors (Lipinski definition) is 3. The van der Waals surface area contributed by atoms with Crippen molar-refractivity contribution in [2.24, 2.45) is 0 Å². The van der Waals surface area contributed by atoms with Crippen LogP contribution in [0.25, 0.3) is 0 Å². The molecule has 5 heteroatoms. The Labute approximate surface area is 36.7 Å². The van der Waals surface area contributed by atoms with Gasteiger partial charge in [0.2, 0.25) is 0 Å². The van der Waals surface area contributed by atoms with Gasteiger partial charge in [0.25, 0.3) is 0 Å². The van der Waals surface area contributed by atoms with Crippen molar-refractivity contribution in [3.63, 3.8) is 0 Å². The minimum absolute atomic E-state index is 1.87. The molecule has 0 aliphatic carbocycles. The summed E-state index contributed by atoms with van der Waals surface area (Å²) in [5.74, 6) is 0. The lowest BCUT2D eigenvalue weighted by atomic mass is 13.0. The van der Waals surface area contributed by atoms with E-state index in [-0.39, 0.29) is 0 Å². The first-order valence-corrected chi connectivity index (χ1v) is 1.46. The van der Waals surface area contributed by atoms with Crippen LogP contribution in [0.4, 0.5) is 0 Å².